The highest BCUT2D eigenvalue weighted by atomic mass is 127. The number of nitrogens with zero attached hydrogens (tertiary/aromatic N) is 2. The van der Waals surface area contributed by atoms with E-state index in [1.54, 1.807) is 25.2 Å². The first-order valence-electron chi connectivity index (χ1n) is 9.06. The summed E-state index contributed by atoms with van der Waals surface area (Å²) in [6.45, 7) is 3.97. The molecule has 5 nitrogen and oxygen atoms in total. The Hall–Kier alpha value is -1.87. The maximum absolute atomic E-state index is 13.7. The second-order valence-electron chi connectivity index (χ2n) is 6.72. The van der Waals surface area contributed by atoms with E-state index in [2.05, 4.69) is 58.9 Å². The highest BCUT2D eigenvalue weighted by Gasteiger charge is 2.09. The minimum Gasteiger partial charge on any atom is -0.486 e. The summed E-state index contributed by atoms with van der Waals surface area (Å²) in [5.41, 5.74) is 2.46. The van der Waals surface area contributed by atoms with Gasteiger partial charge in [-0.25, -0.2) is 4.39 Å². The Balaban J connectivity index is 0.00000392. The molecular formula is C21H30FIN4O. The smallest absolute Gasteiger partial charge is 0.191 e. The van der Waals surface area contributed by atoms with Gasteiger partial charge in [0.15, 0.2) is 17.5 Å². The topological polar surface area (TPSA) is 48.9 Å². The van der Waals surface area contributed by atoms with Crippen molar-refractivity contribution < 1.29 is 9.13 Å². The average molecular weight is 500 g/mol. The number of hydrogen-bond acceptors (Lipinski definition) is 3. The molecule has 0 radical (unpaired) electrons. The largest absolute Gasteiger partial charge is 0.486 e. The molecule has 2 rings (SSSR count). The summed E-state index contributed by atoms with van der Waals surface area (Å²) in [6, 6.07) is 14.9. The van der Waals surface area contributed by atoms with Crippen molar-refractivity contribution in [1.29, 1.82) is 0 Å². The first-order chi connectivity index (χ1) is 13.0. The normalized spacial score (nSPS) is 12.3. The van der Waals surface area contributed by atoms with Gasteiger partial charge in [0.1, 0.15) is 6.10 Å². The highest BCUT2D eigenvalue weighted by Crippen LogP contribution is 2.16. The van der Waals surface area contributed by atoms with Gasteiger partial charge in [0, 0.05) is 20.1 Å². The molecule has 0 bridgehead atoms. The van der Waals surface area contributed by atoms with E-state index >= 15 is 0 Å². The fourth-order valence-corrected chi connectivity index (χ4v) is 2.65. The fraction of sp³-hybridized carbons (Fsp3) is 0.381. The SMILES string of the molecule is CN=C(NCc1cccc(CN(C)C)c1)NCC(C)Oc1ccccc1F.I. The van der Waals surface area contributed by atoms with Crippen molar-refractivity contribution >= 4 is 29.9 Å². The van der Waals surface area contributed by atoms with Crippen molar-refractivity contribution in [1.82, 2.24) is 15.5 Å². The lowest BCUT2D eigenvalue weighted by molar-refractivity contribution is 0.214. The third-order valence-corrected chi connectivity index (χ3v) is 3.90. The molecule has 0 aliphatic carbocycles. The van der Waals surface area contributed by atoms with Gasteiger partial charge in [-0.2, -0.15) is 0 Å². The lowest BCUT2D eigenvalue weighted by Gasteiger charge is -2.18. The molecule has 154 valence electrons. The molecule has 1 unspecified atom stereocenters. The monoisotopic (exact) mass is 500 g/mol. The maximum atomic E-state index is 13.7. The van der Waals surface area contributed by atoms with Crippen LogP contribution in [0.25, 0.3) is 0 Å². The number of aliphatic imine (C=N–C) groups is 1. The van der Waals surface area contributed by atoms with E-state index < -0.39 is 0 Å². The number of rotatable bonds is 8. The predicted molar refractivity (Wildman–Crippen MR) is 124 cm³/mol. The van der Waals surface area contributed by atoms with E-state index in [1.165, 1.54) is 17.2 Å². The predicted octanol–water partition coefficient (Wildman–Crippen LogP) is 3.64. The van der Waals surface area contributed by atoms with Crippen LogP contribution in [0.3, 0.4) is 0 Å². The van der Waals surface area contributed by atoms with E-state index in [0.717, 1.165) is 6.54 Å². The van der Waals surface area contributed by atoms with Crippen LogP contribution in [0.5, 0.6) is 5.75 Å². The molecule has 0 aliphatic rings. The van der Waals surface area contributed by atoms with Crippen LogP contribution in [0, 0.1) is 5.82 Å². The van der Waals surface area contributed by atoms with E-state index in [1.807, 2.05) is 6.92 Å². The van der Waals surface area contributed by atoms with Gasteiger partial charge in [0.25, 0.3) is 0 Å². The van der Waals surface area contributed by atoms with Gasteiger partial charge in [-0.1, -0.05) is 36.4 Å². The zero-order valence-corrected chi connectivity index (χ0v) is 19.2. The third kappa shape index (κ3) is 8.43. The third-order valence-electron chi connectivity index (χ3n) is 3.90. The quantitative estimate of drug-likeness (QED) is 0.330. The number of hydrogen-bond donors (Lipinski definition) is 2. The number of halogens is 2. The number of ether oxygens (including phenoxy) is 1. The summed E-state index contributed by atoms with van der Waals surface area (Å²) in [5, 5.41) is 6.50. The van der Waals surface area contributed by atoms with Crippen LogP contribution in [0.15, 0.2) is 53.5 Å². The van der Waals surface area contributed by atoms with Gasteiger partial charge in [0.05, 0.1) is 6.54 Å². The van der Waals surface area contributed by atoms with Crippen molar-refractivity contribution in [3.63, 3.8) is 0 Å². The molecule has 2 N–H and O–H groups in total. The van der Waals surface area contributed by atoms with Gasteiger partial charge < -0.3 is 20.3 Å². The second-order valence-corrected chi connectivity index (χ2v) is 6.72. The van der Waals surface area contributed by atoms with Crippen LogP contribution in [0.2, 0.25) is 0 Å². The average Bonchev–Trinajstić information content (AvgIpc) is 2.63. The molecule has 2 aromatic carbocycles. The second kappa shape index (κ2) is 12.6. The van der Waals surface area contributed by atoms with Gasteiger partial charge in [0.2, 0.25) is 0 Å². The summed E-state index contributed by atoms with van der Waals surface area (Å²) in [4.78, 5) is 6.37. The van der Waals surface area contributed by atoms with Crippen LogP contribution in [-0.2, 0) is 13.1 Å². The summed E-state index contributed by atoms with van der Waals surface area (Å²) < 4.78 is 19.3. The zero-order chi connectivity index (χ0) is 19.6. The minimum absolute atomic E-state index is 0. The van der Waals surface area contributed by atoms with Crippen molar-refractivity contribution in [3.8, 4) is 5.75 Å². The Morgan fingerprint density at radius 2 is 1.82 bits per heavy atom. The van der Waals surface area contributed by atoms with Crippen LogP contribution >= 0.6 is 24.0 Å². The molecule has 0 amide bonds. The first kappa shape index (κ1) is 24.2. The highest BCUT2D eigenvalue weighted by molar-refractivity contribution is 14.0. The molecule has 0 fully saturated rings. The zero-order valence-electron chi connectivity index (χ0n) is 16.9. The lowest BCUT2D eigenvalue weighted by Crippen LogP contribution is -2.41. The van der Waals surface area contributed by atoms with Crippen molar-refractivity contribution in [2.75, 3.05) is 27.7 Å². The molecule has 0 saturated heterocycles. The van der Waals surface area contributed by atoms with Crippen LogP contribution in [-0.4, -0.2) is 44.7 Å². The fourth-order valence-electron chi connectivity index (χ4n) is 2.65. The van der Waals surface area contributed by atoms with E-state index in [-0.39, 0.29) is 41.6 Å². The molecule has 0 aliphatic heterocycles. The molecule has 0 spiro atoms. The van der Waals surface area contributed by atoms with Gasteiger partial charge in [-0.05, 0) is 44.3 Å². The van der Waals surface area contributed by atoms with Crippen molar-refractivity contribution in [2.24, 2.45) is 4.99 Å². The van der Waals surface area contributed by atoms with Gasteiger partial charge >= 0.3 is 0 Å². The molecule has 0 heterocycles. The van der Waals surface area contributed by atoms with Gasteiger partial charge in [-0.15, -0.1) is 24.0 Å². The summed E-state index contributed by atoms with van der Waals surface area (Å²) in [6.07, 6.45) is -0.205. The molecular weight excluding hydrogens is 470 g/mol. The van der Waals surface area contributed by atoms with E-state index in [9.17, 15) is 4.39 Å². The number of guanidine groups is 1. The number of para-hydroxylation sites is 1. The van der Waals surface area contributed by atoms with Crippen molar-refractivity contribution in [2.45, 2.75) is 26.1 Å². The number of nitrogens with one attached hydrogen (secondary N) is 2. The Morgan fingerprint density at radius 3 is 2.50 bits per heavy atom. The Morgan fingerprint density at radius 1 is 1.11 bits per heavy atom. The molecule has 28 heavy (non-hydrogen) atoms. The maximum Gasteiger partial charge on any atom is 0.191 e. The number of benzene rings is 2. The Labute approximate surface area is 184 Å². The standard InChI is InChI=1S/C21H29FN4O.HI/c1-16(27-20-11-6-5-10-19(20)22)13-24-21(23-2)25-14-17-8-7-9-18(12-17)15-26(3)4;/h5-12,16H,13-15H2,1-4H3,(H2,23,24,25);1H. The van der Waals surface area contributed by atoms with E-state index in [0.29, 0.717) is 19.0 Å². The Bertz CT molecular complexity index is 755. The first-order valence-corrected chi connectivity index (χ1v) is 9.06. The molecule has 1 atom stereocenters. The van der Waals surface area contributed by atoms with Crippen LogP contribution < -0.4 is 15.4 Å². The minimum atomic E-state index is -0.357. The van der Waals surface area contributed by atoms with Crippen LogP contribution in [0.4, 0.5) is 4.39 Å². The molecule has 7 heteroatoms. The summed E-state index contributed by atoms with van der Waals surface area (Å²) in [5.74, 6) is 0.578. The summed E-state index contributed by atoms with van der Waals surface area (Å²) >= 11 is 0. The Kier molecular flexibility index (Phi) is 10.8. The lowest BCUT2D eigenvalue weighted by atomic mass is 10.1. The summed E-state index contributed by atoms with van der Waals surface area (Å²) in [7, 11) is 5.84. The van der Waals surface area contributed by atoms with Crippen LogP contribution in [0.1, 0.15) is 18.1 Å². The molecule has 2 aromatic rings. The van der Waals surface area contributed by atoms with Gasteiger partial charge in [-0.3, -0.25) is 4.99 Å². The molecule has 0 aromatic heterocycles. The molecule has 0 saturated carbocycles. The van der Waals surface area contributed by atoms with E-state index in [4.69, 9.17) is 4.74 Å². The van der Waals surface area contributed by atoms with Crippen molar-refractivity contribution in [3.05, 3.63) is 65.5 Å².